The summed E-state index contributed by atoms with van der Waals surface area (Å²) in [6.45, 7) is 3.78. The first-order valence-electron chi connectivity index (χ1n) is 8.89. The van der Waals surface area contributed by atoms with Gasteiger partial charge in [0.1, 0.15) is 6.61 Å². The van der Waals surface area contributed by atoms with Crippen LogP contribution in [0.2, 0.25) is 0 Å². The number of carbonyl (C=O) groups excluding carboxylic acids is 1. The van der Waals surface area contributed by atoms with Crippen LogP contribution in [0.5, 0.6) is 11.5 Å². The first kappa shape index (κ1) is 16.0. The van der Waals surface area contributed by atoms with Crippen LogP contribution in [0.3, 0.4) is 0 Å². The molecule has 2 atom stereocenters. The van der Waals surface area contributed by atoms with Crippen LogP contribution < -0.4 is 9.47 Å². The van der Waals surface area contributed by atoms with Crippen molar-refractivity contribution in [2.45, 2.75) is 44.9 Å². The number of piperidine rings is 1. The molecule has 2 aliphatic heterocycles. The Balaban J connectivity index is 1.47. The van der Waals surface area contributed by atoms with E-state index in [0.717, 1.165) is 37.9 Å². The summed E-state index contributed by atoms with van der Waals surface area (Å²) in [7, 11) is 0. The van der Waals surface area contributed by atoms with Gasteiger partial charge in [-0.15, -0.1) is 0 Å². The molecule has 0 bridgehead atoms. The molecule has 0 saturated carbocycles. The van der Waals surface area contributed by atoms with E-state index in [1.165, 1.54) is 0 Å². The van der Waals surface area contributed by atoms with Crippen LogP contribution in [0.25, 0.3) is 0 Å². The fraction of sp³-hybridized carbons (Fsp3) is 0.474. The molecule has 1 saturated heterocycles. The van der Waals surface area contributed by atoms with Crippen molar-refractivity contribution in [3.05, 3.63) is 42.2 Å². The Kier molecular flexibility index (Phi) is 4.34. The number of ether oxygens (including phenoxy) is 2. The van der Waals surface area contributed by atoms with Crippen molar-refractivity contribution >= 4 is 5.91 Å². The number of hydrogen-bond acceptors (Lipinski definition) is 4. The maximum absolute atomic E-state index is 13.1. The van der Waals surface area contributed by atoms with Gasteiger partial charge >= 0.3 is 0 Å². The van der Waals surface area contributed by atoms with Gasteiger partial charge < -0.3 is 14.4 Å². The highest BCUT2D eigenvalue weighted by Crippen LogP contribution is 2.32. The van der Waals surface area contributed by atoms with Gasteiger partial charge in [0.15, 0.2) is 11.5 Å². The third-order valence-electron chi connectivity index (χ3n) is 4.85. The number of nitrogens with zero attached hydrogens (tertiary/aromatic N) is 3. The minimum Gasteiger partial charge on any atom is -0.485 e. The summed E-state index contributed by atoms with van der Waals surface area (Å²) in [5.41, 5.74) is 1.13. The highest BCUT2D eigenvalue weighted by molar-refractivity contribution is 5.82. The molecule has 0 unspecified atom stereocenters. The Bertz CT molecular complexity index is 758. The smallest absolute Gasteiger partial charge is 0.267 e. The molecule has 1 aromatic heterocycles. The van der Waals surface area contributed by atoms with Gasteiger partial charge in [0, 0.05) is 12.7 Å². The number of carbonyl (C=O) groups is 1. The average Bonchev–Trinajstić information content (AvgIpc) is 3.06. The molecule has 25 heavy (non-hydrogen) atoms. The molecule has 1 aromatic carbocycles. The number of benzene rings is 1. The van der Waals surface area contributed by atoms with Gasteiger partial charge in [-0.3, -0.25) is 9.48 Å². The lowest BCUT2D eigenvalue weighted by Crippen LogP contribution is -2.53. The van der Waals surface area contributed by atoms with E-state index < -0.39 is 6.10 Å². The van der Waals surface area contributed by atoms with Crippen molar-refractivity contribution in [3.63, 3.8) is 0 Å². The van der Waals surface area contributed by atoms with Crippen molar-refractivity contribution in [3.8, 4) is 11.5 Å². The Morgan fingerprint density at radius 1 is 1.28 bits per heavy atom. The molecule has 2 aliphatic rings. The van der Waals surface area contributed by atoms with E-state index in [-0.39, 0.29) is 18.6 Å². The van der Waals surface area contributed by atoms with Crippen LogP contribution in [-0.2, 0) is 11.3 Å². The average molecular weight is 341 g/mol. The van der Waals surface area contributed by atoms with Crippen molar-refractivity contribution in [1.82, 2.24) is 14.7 Å². The van der Waals surface area contributed by atoms with Crippen LogP contribution >= 0.6 is 0 Å². The van der Waals surface area contributed by atoms with E-state index in [1.54, 1.807) is 0 Å². The summed E-state index contributed by atoms with van der Waals surface area (Å²) >= 11 is 0. The van der Waals surface area contributed by atoms with Crippen LogP contribution in [0.4, 0.5) is 0 Å². The zero-order valence-electron chi connectivity index (χ0n) is 14.4. The molecule has 6 nitrogen and oxygen atoms in total. The van der Waals surface area contributed by atoms with Gasteiger partial charge in [-0.05, 0) is 43.9 Å². The quantitative estimate of drug-likeness (QED) is 0.860. The van der Waals surface area contributed by atoms with E-state index in [0.29, 0.717) is 11.5 Å². The van der Waals surface area contributed by atoms with Crippen molar-refractivity contribution < 1.29 is 14.3 Å². The Morgan fingerprint density at radius 2 is 2.12 bits per heavy atom. The second kappa shape index (κ2) is 6.78. The number of aromatic nitrogens is 2. The number of fused-ring (bicyclic) bond motifs is 1. The Hall–Kier alpha value is -2.50. The number of rotatable bonds is 3. The molecule has 2 aromatic rings. The van der Waals surface area contributed by atoms with Gasteiger partial charge in [0.05, 0.1) is 18.8 Å². The molecule has 0 aliphatic carbocycles. The third-order valence-corrected chi connectivity index (χ3v) is 4.85. The molecule has 1 amide bonds. The molecule has 1 fully saturated rings. The molecule has 3 heterocycles. The zero-order chi connectivity index (χ0) is 17.2. The van der Waals surface area contributed by atoms with Gasteiger partial charge in [0.25, 0.3) is 5.91 Å². The fourth-order valence-electron chi connectivity index (χ4n) is 3.59. The van der Waals surface area contributed by atoms with Gasteiger partial charge in [-0.25, -0.2) is 0 Å². The lowest BCUT2D eigenvalue weighted by Gasteiger charge is -2.38. The maximum atomic E-state index is 13.1. The summed E-state index contributed by atoms with van der Waals surface area (Å²) in [6.07, 6.45) is 6.46. The number of amides is 1. The fourth-order valence-corrected chi connectivity index (χ4v) is 3.59. The SMILES string of the molecule is Cc1cnn(C[C@@H]2CCCCN2C(=O)[C@@H]2COc3ccccc3O2)c1. The lowest BCUT2D eigenvalue weighted by atomic mass is 10.0. The summed E-state index contributed by atoms with van der Waals surface area (Å²) in [5, 5.41) is 4.37. The first-order chi connectivity index (χ1) is 12.2. The molecular formula is C19H23N3O3. The highest BCUT2D eigenvalue weighted by atomic mass is 16.6. The predicted octanol–water partition coefficient (Wildman–Crippen LogP) is 2.41. The molecular weight excluding hydrogens is 318 g/mol. The summed E-state index contributed by atoms with van der Waals surface area (Å²) in [6, 6.07) is 7.64. The number of aryl methyl sites for hydroxylation is 1. The summed E-state index contributed by atoms with van der Waals surface area (Å²) < 4.78 is 13.6. The van der Waals surface area contributed by atoms with Gasteiger partial charge in [-0.2, -0.15) is 5.10 Å². The molecule has 6 heteroatoms. The van der Waals surface area contributed by atoms with Crippen molar-refractivity contribution in [1.29, 1.82) is 0 Å². The number of likely N-dealkylation sites (tertiary alicyclic amines) is 1. The predicted molar refractivity (Wildman–Crippen MR) is 92.7 cm³/mol. The summed E-state index contributed by atoms with van der Waals surface area (Å²) in [4.78, 5) is 15.0. The van der Waals surface area contributed by atoms with E-state index in [4.69, 9.17) is 9.47 Å². The maximum Gasteiger partial charge on any atom is 0.267 e. The normalized spacial score (nSPS) is 22.7. The van der Waals surface area contributed by atoms with Crippen LogP contribution in [0, 0.1) is 6.92 Å². The van der Waals surface area contributed by atoms with Crippen LogP contribution in [-0.4, -0.2) is 45.9 Å². The highest BCUT2D eigenvalue weighted by Gasteiger charge is 2.35. The molecule has 0 radical (unpaired) electrons. The summed E-state index contributed by atoms with van der Waals surface area (Å²) in [5.74, 6) is 1.36. The largest absolute Gasteiger partial charge is 0.485 e. The Labute approximate surface area is 147 Å². The Morgan fingerprint density at radius 3 is 2.92 bits per heavy atom. The van der Waals surface area contributed by atoms with E-state index in [1.807, 2.05) is 53.2 Å². The van der Waals surface area contributed by atoms with Crippen molar-refractivity contribution in [2.75, 3.05) is 13.2 Å². The minimum atomic E-state index is -0.574. The number of hydrogen-bond donors (Lipinski definition) is 0. The minimum absolute atomic E-state index is 0.0167. The monoisotopic (exact) mass is 341 g/mol. The van der Waals surface area contributed by atoms with E-state index >= 15 is 0 Å². The lowest BCUT2D eigenvalue weighted by molar-refractivity contribution is -0.145. The van der Waals surface area contributed by atoms with Crippen molar-refractivity contribution in [2.24, 2.45) is 0 Å². The van der Waals surface area contributed by atoms with E-state index in [9.17, 15) is 4.79 Å². The van der Waals surface area contributed by atoms with Gasteiger partial charge in [0.2, 0.25) is 6.10 Å². The van der Waals surface area contributed by atoms with Crippen LogP contribution in [0.1, 0.15) is 24.8 Å². The standard InChI is InChI=1S/C19H23N3O3/c1-14-10-20-21(11-14)12-15-6-4-5-9-22(15)19(23)18-13-24-16-7-2-3-8-17(16)25-18/h2-3,7-8,10-11,15,18H,4-6,9,12-13H2,1H3/t15-,18-/m0/s1. The molecule has 0 spiro atoms. The molecule has 0 N–H and O–H groups in total. The van der Waals surface area contributed by atoms with E-state index in [2.05, 4.69) is 5.10 Å². The number of para-hydroxylation sites is 2. The van der Waals surface area contributed by atoms with Gasteiger partial charge in [-0.1, -0.05) is 12.1 Å². The second-order valence-corrected chi connectivity index (χ2v) is 6.79. The topological polar surface area (TPSA) is 56.6 Å². The molecule has 4 rings (SSSR count). The molecule has 132 valence electrons. The second-order valence-electron chi connectivity index (χ2n) is 6.79. The zero-order valence-corrected chi connectivity index (χ0v) is 14.4. The third kappa shape index (κ3) is 3.34. The first-order valence-corrected chi connectivity index (χ1v) is 8.89. The van der Waals surface area contributed by atoms with Crippen LogP contribution in [0.15, 0.2) is 36.7 Å².